The van der Waals surface area contributed by atoms with Gasteiger partial charge in [0.1, 0.15) is 11.7 Å². The van der Waals surface area contributed by atoms with Crippen molar-refractivity contribution in [2.45, 2.75) is 25.7 Å². The lowest BCUT2D eigenvalue weighted by molar-refractivity contribution is 0.0982. The normalized spacial score (nSPS) is 12.0. The third kappa shape index (κ3) is 3.32. The van der Waals surface area contributed by atoms with Crippen LogP contribution < -0.4 is 4.74 Å². The van der Waals surface area contributed by atoms with Crippen LogP contribution in [0.2, 0.25) is 0 Å². The topological polar surface area (TPSA) is 50.1 Å². The molecule has 1 aromatic carbocycles. The Hall–Kier alpha value is -2.12. The molecule has 0 aliphatic carbocycles. The van der Waals surface area contributed by atoms with E-state index in [4.69, 9.17) is 4.74 Å². The van der Waals surface area contributed by atoms with Crippen molar-refractivity contribution < 1.29 is 9.53 Å². The van der Waals surface area contributed by atoms with E-state index in [0.717, 1.165) is 5.56 Å². The smallest absolute Gasteiger partial charge is 0.194 e. The zero-order valence-corrected chi connectivity index (χ0v) is 13.1. The number of carbonyl (C=O) groups is 1. The molecule has 3 nitrogen and oxygen atoms in total. The van der Waals surface area contributed by atoms with Crippen LogP contribution in [0.25, 0.3) is 0 Å². The monoisotopic (exact) mass is 299 g/mol. The number of hydrogen-bond acceptors (Lipinski definition) is 4. The van der Waals surface area contributed by atoms with Crippen molar-refractivity contribution in [1.82, 2.24) is 0 Å². The second-order valence-electron chi connectivity index (χ2n) is 5.10. The first kappa shape index (κ1) is 15.3. The summed E-state index contributed by atoms with van der Waals surface area (Å²) in [5.41, 5.74) is 1.93. The zero-order valence-electron chi connectivity index (χ0n) is 12.3. The summed E-state index contributed by atoms with van der Waals surface area (Å²) in [5, 5.41) is 11.1. The molecule has 0 aliphatic heterocycles. The number of methoxy groups -OCH3 is 1. The van der Waals surface area contributed by atoms with Crippen LogP contribution in [0.5, 0.6) is 5.75 Å². The van der Waals surface area contributed by atoms with Gasteiger partial charge in [0.25, 0.3) is 0 Å². The summed E-state index contributed by atoms with van der Waals surface area (Å²) in [6, 6.07) is 11.5. The number of nitrogens with zero attached hydrogens (tertiary/aromatic N) is 1. The molecule has 0 fully saturated rings. The van der Waals surface area contributed by atoms with Crippen LogP contribution >= 0.6 is 11.3 Å². The lowest BCUT2D eigenvalue weighted by Crippen LogP contribution is -2.10. The number of rotatable bonds is 5. The van der Waals surface area contributed by atoms with Crippen molar-refractivity contribution in [2.24, 2.45) is 0 Å². The van der Waals surface area contributed by atoms with Crippen LogP contribution in [0.3, 0.4) is 0 Å². The van der Waals surface area contributed by atoms with Crippen LogP contribution in [0.1, 0.15) is 46.5 Å². The van der Waals surface area contributed by atoms with Gasteiger partial charge in [-0.1, -0.05) is 38.1 Å². The molecule has 1 aromatic heterocycles. The van der Waals surface area contributed by atoms with E-state index in [1.54, 1.807) is 18.6 Å². The summed E-state index contributed by atoms with van der Waals surface area (Å²) in [4.78, 5) is 13.0. The molecule has 108 valence electrons. The molecule has 0 saturated carbocycles. The number of ether oxygens (including phenoxy) is 1. The van der Waals surface area contributed by atoms with E-state index in [9.17, 15) is 10.1 Å². The minimum Gasteiger partial charge on any atom is -0.496 e. The van der Waals surface area contributed by atoms with Gasteiger partial charge in [-0.25, -0.2) is 0 Å². The van der Waals surface area contributed by atoms with E-state index in [2.05, 4.69) is 19.9 Å². The molecular weight excluding hydrogens is 282 g/mol. The predicted octanol–water partition coefficient (Wildman–Crippen LogP) is 4.37. The van der Waals surface area contributed by atoms with Gasteiger partial charge in [-0.2, -0.15) is 5.26 Å². The van der Waals surface area contributed by atoms with Crippen LogP contribution in [-0.4, -0.2) is 12.9 Å². The number of nitriles is 1. The summed E-state index contributed by atoms with van der Waals surface area (Å²) >= 11 is 1.30. The number of ketones is 1. The third-order valence-electron chi connectivity index (χ3n) is 3.38. The fourth-order valence-electron chi connectivity index (χ4n) is 2.06. The van der Waals surface area contributed by atoms with Crippen molar-refractivity contribution >= 4 is 17.1 Å². The highest BCUT2D eigenvalue weighted by molar-refractivity contribution is 7.12. The lowest BCUT2D eigenvalue weighted by Gasteiger charge is -2.10. The molecule has 1 heterocycles. The minimum absolute atomic E-state index is 0.178. The molecule has 21 heavy (non-hydrogen) atoms. The van der Waals surface area contributed by atoms with E-state index in [-0.39, 0.29) is 5.78 Å². The van der Waals surface area contributed by atoms with Gasteiger partial charge in [0, 0.05) is 11.4 Å². The fourth-order valence-corrected chi connectivity index (χ4v) is 2.88. The van der Waals surface area contributed by atoms with Crippen LogP contribution in [-0.2, 0) is 0 Å². The van der Waals surface area contributed by atoms with Crippen molar-refractivity contribution in [3.63, 3.8) is 0 Å². The predicted molar refractivity (Wildman–Crippen MR) is 84.1 cm³/mol. The maximum atomic E-state index is 12.5. The second kappa shape index (κ2) is 6.55. The minimum atomic E-state index is -0.769. The summed E-state index contributed by atoms with van der Waals surface area (Å²) < 4.78 is 5.08. The maximum Gasteiger partial charge on any atom is 0.194 e. The van der Waals surface area contributed by atoms with Crippen LogP contribution in [0.15, 0.2) is 35.7 Å². The van der Waals surface area contributed by atoms with Crippen molar-refractivity contribution in [1.29, 1.82) is 5.26 Å². The van der Waals surface area contributed by atoms with Gasteiger partial charge in [0.2, 0.25) is 0 Å². The third-order valence-corrected chi connectivity index (χ3v) is 4.30. The lowest BCUT2D eigenvalue weighted by atomic mass is 9.92. The zero-order chi connectivity index (χ0) is 15.4. The molecule has 0 amide bonds. The van der Waals surface area contributed by atoms with Gasteiger partial charge in [0.15, 0.2) is 5.78 Å². The first-order valence-corrected chi connectivity index (χ1v) is 7.61. The SMILES string of the molecule is COc1csc(C(=O)C(C#N)c2ccc(C(C)C)cc2)c1. The van der Waals surface area contributed by atoms with Gasteiger partial charge in [-0.05, 0) is 17.0 Å². The Labute approximate surface area is 128 Å². The maximum absolute atomic E-state index is 12.5. The molecule has 4 heteroatoms. The quantitative estimate of drug-likeness (QED) is 0.770. The molecule has 0 aliphatic rings. The molecule has 0 N–H and O–H groups in total. The number of carbonyl (C=O) groups excluding carboxylic acids is 1. The van der Waals surface area contributed by atoms with Crippen LogP contribution in [0, 0.1) is 11.3 Å². The van der Waals surface area contributed by atoms with Crippen molar-refractivity contribution in [3.8, 4) is 11.8 Å². The molecular formula is C17H17NO2S. The molecule has 2 rings (SSSR count). The Morgan fingerprint density at radius 3 is 2.33 bits per heavy atom. The van der Waals surface area contributed by atoms with Gasteiger partial charge < -0.3 is 4.74 Å². The summed E-state index contributed by atoms with van der Waals surface area (Å²) in [6.07, 6.45) is 0. The van der Waals surface area contributed by atoms with E-state index < -0.39 is 5.92 Å². The molecule has 0 spiro atoms. The Bertz CT molecular complexity index is 665. The Morgan fingerprint density at radius 2 is 1.86 bits per heavy atom. The molecule has 0 saturated heterocycles. The highest BCUT2D eigenvalue weighted by atomic mass is 32.1. The van der Waals surface area contributed by atoms with E-state index >= 15 is 0 Å². The molecule has 1 atom stereocenters. The molecule has 0 radical (unpaired) electrons. The summed E-state index contributed by atoms with van der Waals surface area (Å²) in [7, 11) is 1.56. The average molecular weight is 299 g/mol. The van der Waals surface area contributed by atoms with Crippen molar-refractivity contribution in [2.75, 3.05) is 7.11 Å². The highest BCUT2D eigenvalue weighted by Crippen LogP contribution is 2.28. The molecule has 0 bridgehead atoms. The van der Waals surface area contributed by atoms with E-state index in [1.165, 1.54) is 16.9 Å². The number of hydrogen-bond donors (Lipinski definition) is 0. The van der Waals surface area contributed by atoms with E-state index in [0.29, 0.717) is 16.5 Å². The Kier molecular flexibility index (Phi) is 4.77. The Balaban J connectivity index is 2.26. The summed E-state index contributed by atoms with van der Waals surface area (Å²) in [5.74, 6) is 0.129. The van der Waals surface area contributed by atoms with Gasteiger partial charge >= 0.3 is 0 Å². The van der Waals surface area contributed by atoms with Gasteiger partial charge in [0.05, 0.1) is 18.1 Å². The Morgan fingerprint density at radius 1 is 1.24 bits per heavy atom. The number of benzene rings is 1. The fraction of sp³-hybridized carbons (Fsp3) is 0.294. The highest BCUT2D eigenvalue weighted by Gasteiger charge is 2.23. The average Bonchev–Trinajstić information content (AvgIpc) is 2.97. The van der Waals surface area contributed by atoms with Gasteiger partial charge in [-0.3, -0.25) is 4.79 Å². The number of Topliss-reactive ketones (excluding diaryl/α,β-unsaturated/α-hetero) is 1. The largest absolute Gasteiger partial charge is 0.496 e. The van der Waals surface area contributed by atoms with Crippen LogP contribution in [0.4, 0.5) is 0 Å². The standard InChI is InChI=1S/C17H17NO2S/c1-11(2)12-4-6-13(7-5-12)15(9-18)17(19)16-8-14(20-3)10-21-16/h4-8,10-11,15H,1-3H3. The second-order valence-corrected chi connectivity index (χ2v) is 6.01. The van der Waals surface area contributed by atoms with E-state index in [1.807, 2.05) is 24.3 Å². The number of thiophene rings is 1. The van der Waals surface area contributed by atoms with Crippen molar-refractivity contribution in [3.05, 3.63) is 51.7 Å². The summed E-state index contributed by atoms with van der Waals surface area (Å²) in [6.45, 7) is 4.22. The first-order valence-electron chi connectivity index (χ1n) is 6.73. The molecule has 2 aromatic rings. The first-order chi connectivity index (χ1) is 10.1. The molecule has 1 unspecified atom stereocenters. The van der Waals surface area contributed by atoms with Gasteiger partial charge in [-0.15, -0.1) is 11.3 Å².